The summed E-state index contributed by atoms with van der Waals surface area (Å²) in [6.45, 7) is 1.20. The van der Waals surface area contributed by atoms with Crippen LogP contribution >= 0.6 is 0 Å². The van der Waals surface area contributed by atoms with Crippen LogP contribution in [0.5, 0.6) is 0 Å². The molecule has 0 saturated carbocycles. The Morgan fingerprint density at radius 1 is 1.21 bits per heavy atom. The first-order valence-corrected chi connectivity index (χ1v) is 5.59. The van der Waals surface area contributed by atoms with E-state index in [2.05, 4.69) is 0 Å². The number of hydroxylamine groups is 1. The molecule has 1 N–H and O–H groups in total. The van der Waals surface area contributed by atoms with Crippen molar-refractivity contribution in [2.45, 2.75) is 0 Å². The first kappa shape index (κ1) is 15.5. The highest BCUT2D eigenvalue weighted by molar-refractivity contribution is 5.93. The third-order valence-corrected chi connectivity index (χ3v) is 2.12. The summed E-state index contributed by atoms with van der Waals surface area (Å²) in [6.07, 6.45) is 0. The monoisotopic (exact) mass is 275 g/mol. The number of amides is 1. The molecule has 5 nitrogen and oxygen atoms in total. The molecule has 0 bridgehead atoms. The van der Waals surface area contributed by atoms with E-state index in [9.17, 15) is 13.6 Å². The Labute approximate surface area is 109 Å². The lowest BCUT2D eigenvalue weighted by atomic mass is 10.2. The minimum Gasteiger partial charge on any atom is -0.382 e. The number of halogens is 2. The van der Waals surface area contributed by atoms with E-state index in [1.807, 2.05) is 5.48 Å². The Hall–Kier alpha value is -1.57. The number of methoxy groups -OCH3 is 1. The first-order valence-electron chi connectivity index (χ1n) is 5.59. The summed E-state index contributed by atoms with van der Waals surface area (Å²) in [5, 5.41) is 0. The highest BCUT2D eigenvalue weighted by Crippen LogP contribution is 2.10. The van der Waals surface area contributed by atoms with Crippen LogP contribution in [-0.4, -0.2) is 39.4 Å². The maximum Gasteiger partial charge on any atom is 0.277 e. The molecular formula is C12H15F2NO4. The van der Waals surface area contributed by atoms with E-state index in [0.29, 0.717) is 13.2 Å². The second-order valence-electron chi connectivity index (χ2n) is 3.49. The van der Waals surface area contributed by atoms with Crippen molar-refractivity contribution in [3.63, 3.8) is 0 Å². The van der Waals surface area contributed by atoms with Crippen molar-refractivity contribution in [2.75, 3.05) is 33.5 Å². The lowest BCUT2D eigenvalue weighted by Gasteiger charge is -2.07. The van der Waals surface area contributed by atoms with E-state index < -0.39 is 23.1 Å². The Morgan fingerprint density at radius 2 is 1.95 bits per heavy atom. The highest BCUT2D eigenvalue weighted by Gasteiger charge is 2.14. The third-order valence-electron chi connectivity index (χ3n) is 2.12. The predicted molar refractivity (Wildman–Crippen MR) is 62.5 cm³/mol. The van der Waals surface area contributed by atoms with Crippen LogP contribution in [0.4, 0.5) is 8.78 Å². The second-order valence-corrected chi connectivity index (χ2v) is 3.49. The number of ether oxygens (including phenoxy) is 2. The van der Waals surface area contributed by atoms with Gasteiger partial charge in [-0.1, -0.05) is 6.07 Å². The molecule has 0 atom stereocenters. The molecule has 0 fully saturated rings. The molecule has 0 spiro atoms. The van der Waals surface area contributed by atoms with Crippen molar-refractivity contribution in [1.82, 2.24) is 5.48 Å². The molecule has 0 saturated heterocycles. The number of carbonyl (C=O) groups excluding carboxylic acids is 1. The summed E-state index contributed by atoms with van der Waals surface area (Å²) in [4.78, 5) is 16.2. The first-order chi connectivity index (χ1) is 9.16. The van der Waals surface area contributed by atoms with Crippen LogP contribution in [0.1, 0.15) is 10.4 Å². The molecule has 1 rings (SSSR count). The maximum absolute atomic E-state index is 13.2. The van der Waals surface area contributed by atoms with Crippen LogP contribution < -0.4 is 5.48 Å². The van der Waals surface area contributed by atoms with Crippen LogP contribution in [0.15, 0.2) is 18.2 Å². The summed E-state index contributed by atoms with van der Waals surface area (Å²) in [6, 6.07) is 3.32. The van der Waals surface area contributed by atoms with Gasteiger partial charge in [0.15, 0.2) is 11.6 Å². The number of carbonyl (C=O) groups is 1. The highest BCUT2D eigenvalue weighted by atomic mass is 19.2. The van der Waals surface area contributed by atoms with E-state index in [4.69, 9.17) is 14.3 Å². The fourth-order valence-corrected chi connectivity index (χ4v) is 1.20. The van der Waals surface area contributed by atoms with Gasteiger partial charge in [-0.2, -0.15) is 0 Å². The molecule has 1 aromatic carbocycles. The lowest BCUT2D eigenvalue weighted by molar-refractivity contribution is -0.00956. The summed E-state index contributed by atoms with van der Waals surface area (Å²) < 4.78 is 35.9. The largest absolute Gasteiger partial charge is 0.382 e. The van der Waals surface area contributed by atoms with Gasteiger partial charge < -0.3 is 9.47 Å². The van der Waals surface area contributed by atoms with Crippen molar-refractivity contribution >= 4 is 5.91 Å². The molecule has 0 radical (unpaired) electrons. The van der Waals surface area contributed by atoms with Crippen LogP contribution in [0.2, 0.25) is 0 Å². The van der Waals surface area contributed by atoms with Crippen molar-refractivity contribution in [3.05, 3.63) is 35.4 Å². The number of hydrogen-bond acceptors (Lipinski definition) is 4. The average molecular weight is 275 g/mol. The van der Waals surface area contributed by atoms with Gasteiger partial charge in [0.2, 0.25) is 0 Å². The number of hydrogen-bond donors (Lipinski definition) is 1. The van der Waals surface area contributed by atoms with E-state index >= 15 is 0 Å². The van der Waals surface area contributed by atoms with Crippen molar-refractivity contribution in [1.29, 1.82) is 0 Å². The molecule has 106 valence electrons. The molecule has 0 unspecified atom stereocenters. The zero-order valence-corrected chi connectivity index (χ0v) is 10.4. The van der Waals surface area contributed by atoms with Gasteiger partial charge in [-0.15, -0.1) is 0 Å². The van der Waals surface area contributed by atoms with E-state index in [-0.39, 0.29) is 13.2 Å². The van der Waals surface area contributed by atoms with Gasteiger partial charge in [0.1, 0.15) is 0 Å². The standard InChI is InChI=1S/C12H15F2NO4/c1-17-5-6-18-7-8-19-15-12(16)9-3-2-4-10(13)11(9)14/h2-4H,5-8H2,1H3,(H,15,16). The zero-order chi connectivity index (χ0) is 14.1. The topological polar surface area (TPSA) is 56.8 Å². The summed E-state index contributed by atoms with van der Waals surface area (Å²) in [5.74, 6) is -3.15. The van der Waals surface area contributed by atoms with Gasteiger partial charge >= 0.3 is 0 Å². The van der Waals surface area contributed by atoms with E-state index in [1.165, 1.54) is 6.07 Å². The molecule has 0 heterocycles. The predicted octanol–water partition coefficient (Wildman–Crippen LogP) is 1.29. The molecule has 0 aliphatic heterocycles. The third kappa shape index (κ3) is 5.29. The SMILES string of the molecule is COCCOCCONC(=O)c1cccc(F)c1F. The van der Waals surface area contributed by atoms with Gasteiger partial charge in [-0.25, -0.2) is 14.3 Å². The normalized spacial score (nSPS) is 10.5. The summed E-state index contributed by atoms with van der Waals surface area (Å²) in [5.41, 5.74) is 1.58. The molecule has 0 aliphatic rings. The molecule has 1 aromatic rings. The Morgan fingerprint density at radius 3 is 2.68 bits per heavy atom. The van der Waals surface area contributed by atoms with Crippen molar-refractivity contribution in [2.24, 2.45) is 0 Å². The number of nitrogens with one attached hydrogen (secondary N) is 1. The van der Waals surface area contributed by atoms with Gasteiger partial charge in [-0.3, -0.25) is 9.63 Å². The van der Waals surface area contributed by atoms with Gasteiger partial charge in [0, 0.05) is 7.11 Å². The fourth-order valence-electron chi connectivity index (χ4n) is 1.20. The summed E-state index contributed by atoms with van der Waals surface area (Å²) in [7, 11) is 1.55. The van der Waals surface area contributed by atoms with Crippen molar-refractivity contribution in [3.8, 4) is 0 Å². The van der Waals surface area contributed by atoms with Gasteiger partial charge in [0.25, 0.3) is 5.91 Å². The second kappa shape index (κ2) is 8.52. The zero-order valence-electron chi connectivity index (χ0n) is 10.4. The minimum atomic E-state index is -1.21. The van der Waals surface area contributed by atoms with Crippen LogP contribution in [-0.2, 0) is 14.3 Å². The van der Waals surface area contributed by atoms with Crippen LogP contribution in [0, 0.1) is 11.6 Å². The van der Waals surface area contributed by atoms with Gasteiger partial charge in [-0.05, 0) is 12.1 Å². The summed E-state index contributed by atoms with van der Waals surface area (Å²) >= 11 is 0. The molecule has 0 aromatic heterocycles. The number of benzene rings is 1. The van der Waals surface area contributed by atoms with Crippen LogP contribution in [0.25, 0.3) is 0 Å². The molecule has 19 heavy (non-hydrogen) atoms. The van der Waals surface area contributed by atoms with E-state index in [1.54, 1.807) is 7.11 Å². The minimum absolute atomic E-state index is 0.0897. The smallest absolute Gasteiger partial charge is 0.277 e. The lowest BCUT2D eigenvalue weighted by Crippen LogP contribution is -2.26. The van der Waals surface area contributed by atoms with Gasteiger partial charge in [0.05, 0.1) is 32.0 Å². The Kier molecular flexibility index (Phi) is 6.94. The number of rotatable bonds is 8. The quantitative estimate of drug-likeness (QED) is 0.574. The Bertz CT molecular complexity index is 415. The molecular weight excluding hydrogens is 260 g/mol. The molecule has 7 heteroatoms. The maximum atomic E-state index is 13.2. The average Bonchev–Trinajstić information content (AvgIpc) is 2.40. The van der Waals surface area contributed by atoms with Crippen LogP contribution in [0.3, 0.4) is 0 Å². The fraction of sp³-hybridized carbons (Fsp3) is 0.417. The van der Waals surface area contributed by atoms with Crippen molar-refractivity contribution < 1.29 is 27.9 Å². The Balaban J connectivity index is 2.26. The molecule has 0 aliphatic carbocycles. The molecule has 1 amide bonds. The van der Waals surface area contributed by atoms with E-state index in [0.717, 1.165) is 12.1 Å².